The topological polar surface area (TPSA) is 60.4 Å². The van der Waals surface area contributed by atoms with Crippen molar-refractivity contribution in [2.24, 2.45) is 0 Å². The van der Waals surface area contributed by atoms with Crippen LogP contribution in [-0.4, -0.2) is 13.3 Å². The van der Waals surface area contributed by atoms with Crippen molar-refractivity contribution in [3.63, 3.8) is 0 Å². The molecule has 1 N–H and O–H groups in total. The summed E-state index contributed by atoms with van der Waals surface area (Å²) in [4.78, 5) is 0. The summed E-state index contributed by atoms with van der Waals surface area (Å²) >= 11 is -2.86. The summed E-state index contributed by atoms with van der Waals surface area (Å²) in [6.45, 7) is 5.18. The van der Waals surface area contributed by atoms with Crippen LogP contribution in [0.3, 0.4) is 0 Å². The second kappa shape index (κ2) is 15.7. The van der Waals surface area contributed by atoms with E-state index in [4.69, 9.17) is 13.3 Å². The summed E-state index contributed by atoms with van der Waals surface area (Å²) in [6.07, 6.45) is 1.76. The zero-order chi connectivity index (χ0) is 6.99. The summed E-state index contributed by atoms with van der Waals surface area (Å²) < 4.78 is 24.1. The number of rotatable bonds is 0. The van der Waals surface area contributed by atoms with Crippen molar-refractivity contribution < 1.29 is 32.2 Å². The van der Waals surface area contributed by atoms with Crippen molar-refractivity contribution >= 4 is 11.4 Å². The quantitative estimate of drug-likeness (QED) is 0.235. The summed E-state index contributed by atoms with van der Waals surface area (Å²) in [5.41, 5.74) is 2.56. The van der Waals surface area contributed by atoms with Gasteiger partial charge in [0.15, 0.2) is 0 Å². The van der Waals surface area contributed by atoms with Crippen molar-refractivity contribution in [1.82, 2.24) is 0 Å². The zero-order valence-corrected chi connectivity index (χ0v) is 6.27. The van der Waals surface area contributed by atoms with Crippen LogP contribution in [0, 0.1) is 0 Å². The molecule has 9 heavy (non-hydrogen) atoms. The minimum atomic E-state index is -2.86. The maximum absolute atomic E-state index is 8.56. The molecule has 1 atom stereocenters. The smallest absolute Gasteiger partial charge is 0.750 e. The van der Waals surface area contributed by atoms with Crippen molar-refractivity contribution in [2.45, 2.75) is 6.92 Å². The van der Waals surface area contributed by atoms with Crippen LogP contribution in [0.25, 0.3) is 0 Å². The largest absolute Gasteiger partial charge is 1.00 e. The normalized spacial score (nSPS) is 8.78. The van der Waals surface area contributed by atoms with Gasteiger partial charge in [-0.25, -0.2) is 4.21 Å². The molecule has 0 aromatic rings. The standard InChI is InChI=1S/C4H6.Li.H2O3S/c1-3-4-2;;1-4(2)3/h4H,1H2,2H3;;(H2,1,2,3)/q;+1;/p-1. The van der Waals surface area contributed by atoms with Crippen LogP contribution in [0.1, 0.15) is 6.92 Å². The third-order valence-corrected chi connectivity index (χ3v) is 0.204. The van der Waals surface area contributed by atoms with Crippen LogP contribution in [0.2, 0.25) is 0 Å². The second-order valence-electron chi connectivity index (χ2n) is 0.710. The van der Waals surface area contributed by atoms with Gasteiger partial charge in [0.05, 0.1) is 11.4 Å². The van der Waals surface area contributed by atoms with Crippen molar-refractivity contribution in [3.8, 4) is 0 Å². The molecule has 0 aliphatic carbocycles. The molecule has 3 nitrogen and oxygen atoms in total. The molecule has 0 rings (SSSR count). The maximum Gasteiger partial charge on any atom is 1.00 e. The van der Waals surface area contributed by atoms with Gasteiger partial charge in [-0.15, -0.1) is 5.73 Å². The maximum atomic E-state index is 8.56. The van der Waals surface area contributed by atoms with E-state index in [2.05, 4.69) is 12.3 Å². The van der Waals surface area contributed by atoms with Crippen LogP contribution in [0.4, 0.5) is 0 Å². The molecule has 0 heterocycles. The molecule has 0 aliphatic rings. The van der Waals surface area contributed by atoms with Gasteiger partial charge in [-0.05, 0) is 13.0 Å². The van der Waals surface area contributed by atoms with Gasteiger partial charge >= 0.3 is 18.9 Å². The molecule has 0 fully saturated rings. The van der Waals surface area contributed by atoms with Crippen molar-refractivity contribution in [3.05, 3.63) is 18.4 Å². The monoisotopic (exact) mass is 142 g/mol. The van der Waals surface area contributed by atoms with E-state index >= 15 is 0 Å². The minimum absolute atomic E-state index is 0. The van der Waals surface area contributed by atoms with Crippen LogP contribution >= 0.6 is 0 Å². The fourth-order valence-corrected chi connectivity index (χ4v) is 0. The summed E-state index contributed by atoms with van der Waals surface area (Å²) in [6, 6.07) is 0. The van der Waals surface area contributed by atoms with E-state index in [1.807, 2.05) is 6.92 Å². The average Bonchev–Trinajstić information content (AvgIpc) is 1.65. The molecule has 0 amide bonds. The Labute approximate surface area is 69.1 Å². The Morgan fingerprint density at radius 3 is 2.00 bits per heavy atom. The molecule has 0 aliphatic heterocycles. The van der Waals surface area contributed by atoms with E-state index < -0.39 is 11.4 Å². The zero-order valence-electron chi connectivity index (χ0n) is 5.46. The van der Waals surface area contributed by atoms with E-state index in [-0.39, 0.29) is 18.9 Å². The van der Waals surface area contributed by atoms with E-state index in [1.54, 1.807) is 6.08 Å². The van der Waals surface area contributed by atoms with Gasteiger partial charge in [-0.1, -0.05) is 6.58 Å². The third kappa shape index (κ3) is 222. The molecule has 0 saturated heterocycles. The Balaban J connectivity index is -0.0000000720. The van der Waals surface area contributed by atoms with Gasteiger partial charge in [0.2, 0.25) is 0 Å². The molecular formula is C4H7LiO3S. The first-order chi connectivity index (χ1) is 3.65. The van der Waals surface area contributed by atoms with Gasteiger partial charge < -0.3 is 9.11 Å². The molecular weight excluding hydrogens is 135 g/mol. The molecule has 48 valence electrons. The molecule has 0 aromatic heterocycles. The van der Waals surface area contributed by atoms with Crippen LogP contribution in [0.15, 0.2) is 18.4 Å². The number of hydrogen-bond acceptors (Lipinski definition) is 2. The van der Waals surface area contributed by atoms with Crippen LogP contribution in [-0.2, 0) is 11.4 Å². The van der Waals surface area contributed by atoms with E-state index in [0.717, 1.165) is 0 Å². The fraction of sp³-hybridized carbons (Fsp3) is 0.250. The summed E-state index contributed by atoms with van der Waals surface area (Å²) in [5, 5.41) is 0. The van der Waals surface area contributed by atoms with E-state index in [9.17, 15) is 0 Å². The molecule has 0 aromatic carbocycles. The second-order valence-corrected chi connectivity index (χ2v) is 1.14. The Bertz CT molecular complexity index is 104. The molecule has 0 saturated carbocycles. The Hall–Kier alpha value is 0.187. The number of allylic oxidation sites excluding steroid dienone is 1. The molecule has 0 bridgehead atoms. The molecule has 5 heteroatoms. The van der Waals surface area contributed by atoms with Gasteiger partial charge in [-0.2, -0.15) is 0 Å². The van der Waals surface area contributed by atoms with Gasteiger partial charge in [0.25, 0.3) is 0 Å². The summed E-state index contributed by atoms with van der Waals surface area (Å²) in [7, 11) is 0. The van der Waals surface area contributed by atoms with Crippen LogP contribution < -0.4 is 18.9 Å². The SMILES string of the molecule is C=C=CC.O=S([O-])O.[Li+]. The molecule has 0 spiro atoms. The fourth-order valence-electron chi connectivity index (χ4n) is 0. The third-order valence-electron chi connectivity index (χ3n) is 0.204. The molecule has 0 radical (unpaired) electrons. The van der Waals surface area contributed by atoms with Crippen molar-refractivity contribution in [2.75, 3.05) is 0 Å². The Kier molecular flexibility index (Phi) is 28.1. The van der Waals surface area contributed by atoms with E-state index in [1.165, 1.54) is 0 Å². The number of hydrogen-bond donors (Lipinski definition) is 1. The average molecular weight is 142 g/mol. The Morgan fingerprint density at radius 2 is 2.00 bits per heavy atom. The Morgan fingerprint density at radius 1 is 1.89 bits per heavy atom. The first-order valence-electron chi connectivity index (χ1n) is 1.74. The van der Waals surface area contributed by atoms with Gasteiger partial charge in [0.1, 0.15) is 0 Å². The molecule has 1 unspecified atom stereocenters. The van der Waals surface area contributed by atoms with Gasteiger partial charge in [0, 0.05) is 0 Å². The van der Waals surface area contributed by atoms with Gasteiger partial charge in [-0.3, -0.25) is 0 Å². The van der Waals surface area contributed by atoms with Crippen molar-refractivity contribution in [1.29, 1.82) is 0 Å². The first kappa shape index (κ1) is 16.1. The van der Waals surface area contributed by atoms with Crippen LogP contribution in [0.5, 0.6) is 0 Å². The minimum Gasteiger partial charge on any atom is -0.750 e. The predicted octanol–water partition coefficient (Wildman–Crippen LogP) is -2.31. The first-order valence-corrected chi connectivity index (χ1v) is 2.77. The summed E-state index contributed by atoms with van der Waals surface area (Å²) in [5.74, 6) is 0. The van der Waals surface area contributed by atoms with E-state index in [0.29, 0.717) is 0 Å². The predicted molar refractivity (Wildman–Crippen MR) is 30.9 cm³/mol.